The SMILES string of the molecule is O=c1c(O)c(-c2ccc(O)c(O)c2)oc2cc(O[C@H]3O[C@H](CO)[C@@H](O)[C@@H](O)[C@H]3O)cc(O)c12. The van der Waals surface area contributed by atoms with Gasteiger partial charge in [-0.15, -0.1) is 0 Å². The van der Waals surface area contributed by atoms with Gasteiger partial charge in [-0.05, 0) is 18.2 Å². The van der Waals surface area contributed by atoms with Crippen molar-refractivity contribution in [1.82, 2.24) is 0 Å². The molecule has 0 saturated carbocycles. The molecule has 0 amide bonds. The molecule has 0 radical (unpaired) electrons. The average molecular weight is 464 g/mol. The van der Waals surface area contributed by atoms with E-state index in [0.29, 0.717) is 0 Å². The normalized spacial score (nSPS) is 25.3. The van der Waals surface area contributed by atoms with Crippen molar-refractivity contribution in [2.45, 2.75) is 30.7 Å². The average Bonchev–Trinajstić information content (AvgIpc) is 2.78. The number of phenolic OH excluding ortho intramolecular Hbond substituents is 3. The highest BCUT2D eigenvalue weighted by Gasteiger charge is 2.44. The van der Waals surface area contributed by atoms with Crippen LogP contribution in [0.2, 0.25) is 0 Å². The maximum absolute atomic E-state index is 12.6. The third-order valence-electron chi connectivity index (χ3n) is 5.26. The Hall–Kier alpha value is -3.55. The van der Waals surface area contributed by atoms with Crippen LogP contribution in [0.4, 0.5) is 0 Å². The van der Waals surface area contributed by atoms with E-state index in [0.717, 1.165) is 24.3 Å². The van der Waals surface area contributed by atoms with Crippen molar-refractivity contribution in [1.29, 1.82) is 0 Å². The lowest BCUT2D eigenvalue weighted by molar-refractivity contribution is -0.277. The number of hydrogen-bond acceptors (Lipinski definition) is 12. The summed E-state index contributed by atoms with van der Waals surface area (Å²) in [6, 6.07) is 5.55. The predicted octanol–water partition coefficient (Wildman–Crippen LogP) is -0.539. The molecule has 2 aromatic carbocycles. The van der Waals surface area contributed by atoms with Crippen molar-refractivity contribution in [3.05, 3.63) is 40.6 Å². The van der Waals surface area contributed by atoms with Crippen molar-refractivity contribution in [3.8, 4) is 40.1 Å². The van der Waals surface area contributed by atoms with Crippen molar-refractivity contribution in [3.63, 3.8) is 0 Å². The predicted molar refractivity (Wildman–Crippen MR) is 109 cm³/mol. The fourth-order valence-corrected chi connectivity index (χ4v) is 3.49. The summed E-state index contributed by atoms with van der Waals surface area (Å²) in [7, 11) is 0. The smallest absolute Gasteiger partial charge is 0.238 e. The maximum Gasteiger partial charge on any atom is 0.238 e. The van der Waals surface area contributed by atoms with Gasteiger partial charge in [-0.25, -0.2) is 0 Å². The Bertz CT molecular complexity index is 1250. The molecule has 176 valence electrons. The first kappa shape index (κ1) is 22.6. The van der Waals surface area contributed by atoms with Gasteiger partial charge in [0.2, 0.25) is 17.5 Å². The molecule has 0 unspecified atom stereocenters. The van der Waals surface area contributed by atoms with Crippen molar-refractivity contribution < 1.29 is 54.7 Å². The van der Waals surface area contributed by atoms with Gasteiger partial charge in [0.25, 0.3) is 0 Å². The van der Waals surface area contributed by atoms with E-state index in [-0.39, 0.29) is 28.0 Å². The molecule has 0 aliphatic carbocycles. The summed E-state index contributed by atoms with van der Waals surface area (Å²) in [6.45, 7) is -0.676. The Morgan fingerprint density at radius 1 is 0.879 bits per heavy atom. The first-order chi connectivity index (χ1) is 15.6. The maximum atomic E-state index is 12.6. The van der Waals surface area contributed by atoms with E-state index in [1.165, 1.54) is 6.07 Å². The third kappa shape index (κ3) is 3.90. The van der Waals surface area contributed by atoms with Gasteiger partial charge in [-0.2, -0.15) is 0 Å². The summed E-state index contributed by atoms with van der Waals surface area (Å²) < 4.78 is 16.3. The van der Waals surface area contributed by atoms with E-state index in [9.17, 15) is 45.6 Å². The van der Waals surface area contributed by atoms with Crippen molar-refractivity contribution in [2.75, 3.05) is 6.61 Å². The van der Waals surface area contributed by atoms with Gasteiger partial charge in [-0.1, -0.05) is 0 Å². The Balaban J connectivity index is 1.76. The minimum absolute atomic E-state index is 0.0431. The highest BCUT2D eigenvalue weighted by atomic mass is 16.7. The zero-order chi connectivity index (χ0) is 24.0. The van der Waals surface area contributed by atoms with E-state index in [1.54, 1.807) is 0 Å². The molecule has 33 heavy (non-hydrogen) atoms. The number of aliphatic hydroxyl groups is 4. The zero-order valence-corrected chi connectivity index (χ0v) is 16.7. The van der Waals surface area contributed by atoms with Gasteiger partial charge in [0, 0.05) is 17.7 Å². The van der Waals surface area contributed by atoms with Gasteiger partial charge < -0.3 is 54.7 Å². The van der Waals surface area contributed by atoms with E-state index in [2.05, 4.69) is 0 Å². The number of fused-ring (bicyclic) bond motifs is 1. The van der Waals surface area contributed by atoms with Crippen LogP contribution in [-0.2, 0) is 4.74 Å². The summed E-state index contributed by atoms with van der Waals surface area (Å²) in [5.74, 6) is -3.02. The number of aromatic hydroxyl groups is 4. The third-order valence-corrected chi connectivity index (χ3v) is 5.26. The fraction of sp³-hybridized carbons (Fsp3) is 0.286. The molecule has 1 aromatic heterocycles. The van der Waals surface area contributed by atoms with E-state index in [1.807, 2.05) is 0 Å². The Morgan fingerprint density at radius 2 is 1.61 bits per heavy atom. The van der Waals surface area contributed by atoms with Gasteiger partial charge in [-0.3, -0.25) is 4.79 Å². The second kappa shape index (κ2) is 8.42. The molecule has 4 rings (SSSR count). The first-order valence-electron chi connectivity index (χ1n) is 9.64. The highest BCUT2D eigenvalue weighted by Crippen LogP contribution is 2.38. The first-order valence-corrected chi connectivity index (χ1v) is 9.64. The molecule has 1 aliphatic heterocycles. The Morgan fingerprint density at radius 3 is 2.27 bits per heavy atom. The van der Waals surface area contributed by atoms with Crippen molar-refractivity contribution in [2.24, 2.45) is 0 Å². The largest absolute Gasteiger partial charge is 0.507 e. The minimum Gasteiger partial charge on any atom is -0.507 e. The van der Waals surface area contributed by atoms with Crippen LogP contribution in [0.3, 0.4) is 0 Å². The molecular formula is C21H20O12. The van der Waals surface area contributed by atoms with Crippen LogP contribution in [0.5, 0.6) is 28.7 Å². The molecule has 1 saturated heterocycles. The summed E-state index contributed by atoms with van der Waals surface area (Å²) in [4.78, 5) is 12.6. The van der Waals surface area contributed by atoms with E-state index in [4.69, 9.17) is 13.9 Å². The summed E-state index contributed by atoms with van der Waals surface area (Å²) in [5, 5.41) is 78.6. The molecular weight excluding hydrogens is 444 g/mol. The monoisotopic (exact) mass is 464 g/mol. The molecule has 2 heterocycles. The van der Waals surface area contributed by atoms with E-state index >= 15 is 0 Å². The number of phenols is 3. The molecule has 0 bridgehead atoms. The molecule has 1 fully saturated rings. The molecule has 3 aromatic rings. The fourth-order valence-electron chi connectivity index (χ4n) is 3.49. The molecule has 1 aliphatic rings. The highest BCUT2D eigenvalue weighted by molar-refractivity contribution is 5.88. The van der Waals surface area contributed by atoms with Crippen LogP contribution in [0, 0.1) is 0 Å². The van der Waals surface area contributed by atoms with Crippen LogP contribution in [0.15, 0.2) is 39.5 Å². The lowest BCUT2D eigenvalue weighted by atomic mass is 9.99. The topological polar surface area (TPSA) is 211 Å². The van der Waals surface area contributed by atoms with Gasteiger partial charge in [0.1, 0.15) is 46.9 Å². The van der Waals surface area contributed by atoms with Crippen LogP contribution < -0.4 is 10.2 Å². The molecule has 8 N–H and O–H groups in total. The van der Waals surface area contributed by atoms with Gasteiger partial charge in [0.05, 0.1) is 6.61 Å². The Labute approximate surface area is 184 Å². The molecule has 5 atom stereocenters. The van der Waals surface area contributed by atoms with Crippen LogP contribution in [0.1, 0.15) is 0 Å². The zero-order valence-electron chi connectivity index (χ0n) is 16.7. The number of benzene rings is 2. The van der Waals surface area contributed by atoms with Crippen LogP contribution in [-0.4, -0.2) is 78.2 Å². The molecule has 12 nitrogen and oxygen atoms in total. The van der Waals surface area contributed by atoms with Crippen LogP contribution >= 0.6 is 0 Å². The number of rotatable bonds is 4. The summed E-state index contributed by atoms with van der Waals surface area (Å²) >= 11 is 0. The standard InChI is InChI=1S/C21H20O12/c22-6-13-15(26)17(28)19(30)21(33-13)31-8-4-11(25)14-12(5-8)32-20(18(29)16(14)27)7-1-2-9(23)10(24)3-7/h1-5,13,15,17,19,21-26,28-30H,6H2/t13-,15-,17-,19-,21+/m1/s1. The quantitative estimate of drug-likeness (QED) is 0.229. The lowest BCUT2D eigenvalue weighted by Gasteiger charge is -2.39. The molecule has 12 heteroatoms. The minimum atomic E-state index is -1.72. The van der Waals surface area contributed by atoms with Crippen LogP contribution in [0.25, 0.3) is 22.3 Å². The lowest BCUT2D eigenvalue weighted by Crippen LogP contribution is -2.60. The van der Waals surface area contributed by atoms with E-state index < -0.39 is 65.7 Å². The number of aliphatic hydroxyl groups excluding tert-OH is 4. The second-order valence-electron chi connectivity index (χ2n) is 7.44. The number of hydrogen-bond donors (Lipinski definition) is 8. The Kier molecular flexibility index (Phi) is 5.78. The second-order valence-corrected chi connectivity index (χ2v) is 7.44. The molecule has 0 spiro atoms. The number of ether oxygens (including phenoxy) is 2. The summed E-state index contributed by atoms with van der Waals surface area (Å²) in [5.41, 5.74) is -1.20. The van der Waals surface area contributed by atoms with Gasteiger partial charge in [0.15, 0.2) is 17.3 Å². The van der Waals surface area contributed by atoms with Crippen molar-refractivity contribution >= 4 is 11.0 Å². The van der Waals surface area contributed by atoms with Gasteiger partial charge >= 0.3 is 0 Å². The summed E-state index contributed by atoms with van der Waals surface area (Å²) in [6.07, 6.45) is -7.80.